The quantitative estimate of drug-likeness (QED) is 0.00808. The van der Waals surface area contributed by atoms with Gasteiger partial charge < -0.3 is 71.3 Å². The number of alkyl halides is 1. The molecular formula is C109H154ClLiN8O21. The van der Waals surface area contributed by atoms with Crippen molar-refractivity contribution in [3.8, 4) is 0 Å². The number of rotatable bonds is 52. The number of Topliss-reactive ketones (excluding diaryl/α,β-unsaturated/α-hetero) is 5. The van der Waals surface area contributed by atoms with Crippen molar-refractivity contribution in [3.05, 3.63) is 215 Å². The van der Waals surface area contributed by atoms with Gasteiger partial charge in [0.05, 0.1) is 102 Å². The van der Waals surface area contributed by atoms with Gasteiger partial charge in [-0.25, -0.2) is 0 Å². The van der Waals surface area contributed by atoms with E-state index in [-0.39, 0.29) is 140 Å². The number of carboxylic acids is 1. The Kier molecular flexibility index (Phi) is 59.6. The minimum absolute atomic E-state index is 0. The van der Waals surface area contributed by atoms with E-state index in [0.29, 0.717) is 136 Å². The summed E-state index contributed by atoms with van der Waals surface area (Å²) in [6.45, 7) is 25.7. The standard InChI is InChI=1S/C33H45N3O6.C33H44N2O6.C29H37ClN2O5.C9H17NO2.C5H10O.Li.H2O/c1-24(2)20-29(30(37)22-27(33(40)41-3)21-26-12-8-5-9-13-26)35-32(39)28(15-14-25-10-6-4-7-11-25)34-31(38)23-36-16-18-42-19-17-36;1-24(2)19-30(31(37)22-28(33(39)40)20-26-11-7-4-8-12-26)34-32(38)27(14-13-25-9-5-3-6-10-25)21-29(36)23-35-15-17-41-18-16-35;1-20(2)16-25(26(33)18-23(29(36)37-3)17-22-12-8-5-9-13-22)32-28(35)24(31-27(34)19-30)15-14-21-10-6-4-7-11-21;1-6(2)4-7(10)8(11)9(3)5-12-9;1-2-4-6-5-3-1;;/h4-13,24,27-29H,14-23H2,1-3H3,(H,34,38)(H,35,39);3-12,24,27-28,30H,13-23H2,1-2H3,(H,34,38)(H,39,40);4-13,20,23-25H,14-19H2,1-3H3,(H,31,34)(H,32,35);6-7H,4-5,10H2,1-3H3;1-5H2;;1H2/q;;;;;+1;/p-1/t27-,28+,29+;27-,28-,30+;23-,24+,25+;7-,9+;;;/m1110.../s1. The number of ketones is 5. The molecule has 5 amide bonds. The Labute approximate surface area is 846 Å². The van der Waals surface area contributed by atoms with E-state index in [1.807, 2.05) is 233 Å². The van der Waals surface area contributed by atoms with Gasteiger partial charge in [0, 0.05) is 71.0 Å². The molecule has 0 spiro atoms. The molecule has 4 aliphatic heterocycles. The van der Waals surface area contributed by atoms with Crippen molar-refractivity contribution < 1.29 is 120 Å². The summed E-state index contributed by atoms with van der Waals surface area (Å²) in [4.78, 5) is 172. The maximum atomic E-state index is 13.7. The Hall–Kier alpha value is -10.0. The third kappa shape index (κ3) is 49.6. The van der Waals surface area contributed by atoms with Crippen LogP contribution in [0.1, 0.15) is 186 Å². The third-order valence-electron chi connectivity index (χ3n) is 24.2. The number of carbonyl (C=O) groups excluding carboxylic acids is 12. The summed E-state index contributed by atoms with van der Waals surface area (Å²) in [5.74, 6) is -6.90. The average Bonchev–Trinajstić information content (AvgIpc) is 1.65. The van der Waals surface area contributed by atoms with Crippen LogP contribution in [0.2, 0.25) is 0 Å². The molecule has 0 aliphatic carbocycles. The zero-order valence-electron chi connectivity index (χ0n) is 84.4. The van der Waals surface area contributed by atoms with E-state index < -0.39 is 95.1 Å². The number of carboxylic acid groups (broad SMARTS) is 1. The van der Waals surface area contributed by atoms with E-state index in [2.05, 4.69) is 40.4 Å². The monoisotopic (exact) mass is 1950 g/mol. The zero-order chi connectivity index (χ0) is 101. The fourth-order valence-corrected chi connectivity index (χ4v) is 16.5. The Morgan fingerprint density at radius 2 is 0.714 bits per heavy atom. The van der Waals surface area contributed by atoms with Crippen molar-refractivity contribution in [2.24, 2.45) is 53.1 Å². The molecule has 0 aromatic heterocycles. The summed E-state index contributed by atoms with van der Waals surface area (Å²) in [6.07, 6.45) is 9.60. The summed E-state index contributed by atoms with van der Waals surface area (Å²) < 4.78 is 30.8. The molecule has 11 atom stereocenters. The second-order valence-corrected chi connectivity index (χ2v) is 38.4. The number of aryl methyl sites for hydroxylation is 3. The van der Waals surface area contributed by atoms with Crippen LogP contribution in [-0.2, 0) is 129 Å². The number of halogens is 1. The molecule has 31 heteroatoms. The number of hydrogen-bond donors (Lipinski definition) is 7. The van der Waals surface area contributed by atoms with Crippen molar-refractivity contribution in [2.45, 2.75) is 233 Å². The number of amides is 5. The molecule has 764 valence electrons. The number of aliphatic carboxylic acids is 1. The Morgan fingerprint density at radius 1 is 0.400 bits per heavy atom. The van der Waals surface area contributed by atoms with Crippen LogP contribution in [-0.4, -0.2) is 244 Å². The van der Waals surface area contributed by atoms with Crippen LogP contribution in [0.3, 0.4) is 0 Å². The molecule has 6 aromatic carbocycles. The number of methoxy groups -OCH3 is 2. The fraction of sp³-hybridized carbons (Fsp3) is 0.550. The normalized spacial score (nSPS) is 16.6. The molecule has 10 rings (SSSR count). The Bertz CT molecular complexity index is 4610. The van der Waals surface area contributed by atoms with Crippen LogP contribution in [0.15, 0.2) is 182 Å². The van der Waals surface area contributed by atoms with Gasteiger partial charge in [0.25, 0.3) is 0 Å². The number of epoxide rings is 1. The van der Waals surface area contributed by atoms with Crippen LogP contribution in [0.25, 0.3) is 0 Å². The number of morpholine rings is 2. The summed E-state index contributed by atoms with van der Waals surface area (Å²) >= 11 is 5.67. The SMILES string of the molecule is C1CCOCC1.CC(C)C[C@H](N)C(=O)[C@@]1(C)CO1.CC(C)C[C@H](NC(=O)[C@H](CCc1ccccc1)CC(=O)CN1CCOCC1)C(=O)C[C@@H](Cc1ccccc1)C(=O)O.COC(=O)[C@@H](CC(=O)[C@H](CC(C)C)NC(=O)[C@H](CCc1ccccc1)NC(=O)CCl)Cc1ccccc1.COC(=O)[C@@H](CC(=O)[C@H](CC(C)C)NC(=O)[C@H](CCc1ccccc1)NC(=O)CN1CCOCC1)Cc1ccccc1.[Li+].[OH-]. The second kappa shape index (κ2) is 68.2. The zero-order valence-corrected chi connectivity index (χ0v) is 85.2. The Morgan fingerprint density at radius 3 is 1.03 bits per heavy atom. The van der Waals surface area contributed by atoms with E-state index in [4.69, 9.17) is 45.8 Å². The van der Waals surface area contributed by atoms with Crippen molar-refractivity contribution >= 4 is 88.0 Å². The number of benzene rings is 6. The van der Waals surface area contributed by atoms with E-state index in [9.17, 15) is 67.4 Å². The molecule has 6 aromatic rings. The topological polar surface area (TPSA) is 423 Å². The predicted octanol–water partition coefficient (Wildman–Crippen LogP) is 9.52. The van der Waals surface area contributed by atoms with E-state index >= 15 is 0 Å². The second-order valence-electron chi connectivity index (χ2n) is 38.1. The molecule has 0 unspecified atom stereocenters. The Balaban J connectivity index is 0.000000398. The van der Waals surface area contributed by atoms with Crippen molar-refractivity contribution in [1.82, 2.24) is 36.4 Å². The van der Waals surface area contributed by atoms with Crippen LogP contribution < -0.4 is 51.2 Å². The van der Waals surface area contributed by atoms with Gasteiger partial charge in [-0.2, -0.15) is 0 Å². The summed E-state index contributed by atoms with van der Waals surface area (Å²) in [5.41, 5.74) is 11.0. The van der Waals surface area contributed by atoms with Crippen molar-refractivity contribution in [2.75, 3.05) is 106 Å². The van der Waals surface area contributed by atoms with Crippen LogP contribution >= 0.6 is 11.6 Å². The molecule has 4 aliphatic rings. The van der Waals surface area contributed by atoms with E-state index in [0.717, 1.165) is 53.0 Å². The molecule has 9 N–H and O–H groups in total. The van der Waals surface area contributed by atoms with E-state index in [1.165, 1.54) is 33.5 Å². The van der Waals surface area contributed by atoms with Gasteiger partial charge in [0.2, 0.25) is 29.5 Å². The van der Waals surface area contributed by atoms with Gasteiger partial charge >= 0.3 is 36.8 Å². The van der Waals surface area contributed by atoms with Crippen molar-refractivity contribution in [3.63, 3.8) is 0 Å². The van der Waals surface area contributed by atoms with Gasteiger partial charge in [-0.3, -0.25) is 72.1 Å². The van der Waals surface area contributed by atoms with Crippen LogP contribution in [0.4, 0.5) is 0 Å². The van der Waals surface area contributed by atoms with Gasteiger partial charge in [-0.1, -0.05) is 237 Å². The number of esters is 2. The number of nitrogens with two attached hydrogens (primary N) is 1. The first kappa shape index (κ1) is 122. The molecular weight excluding hydrogens is 1800 g/mol. The molecule has 140 heavy (non-hydrogen) atoms. The third-order valence-corrected chi connectivity index (χ3v) is 24.5. The smallest absolute Gasteiger partial charge is 0.870 e. The maximum absolute atomic E-state index is 13.7. The number of nitrogens with zero attached hydrogens (tertiary/aromatic N) is 2. The first-order valence-electron chi connectivity index (χ1n) is 49.0. The first-order chi connectivity index (χ1) is 66.1. The number of hydrogen-bond acceptors (Lipinski definition) is 23. The number of ether oxygens (including phenoxy) is 6. The number of nitrogens with one attached hydrogen (secondary N) is 5. The summed E-state index contributed by atoms with van der Waals surface area (Å²) in [6, 6.07) is 52.9. The van der Waals surface area contributed by atoms with Gasteiger partial charge in [0.1, 0.15) is 29.3 Å². The van der Waals surface area contributed by atoms with Crippen molar-refractivity contribution in [1.29, 1.82) is 0 Å². The molecule has 0 saturated carbocycles. The first-order valence-corrected chi connectivity index (χ1v) is 49.6. The van der Waals surface area contributed by atoms with Gasteiger partial charge in [-0.15, -0.1) is 11.6 Å². The molecule has 0 bridgehead atoms. The number of carbonyl (C=O) groups is 13. The molecule has 4 heterocycles. The molecule has 0 radical (unpaired) electrons. The van der Waals surface area contributed by atoms with E-state index in [1.54, 1.807) is 6.92 Å². The van der Waals surface area contributed by atoms with Gasteiger partial charge in [0.15, 0.2) is 23.1 Å². The molecule has 4 saturated heterocycles. The largest absolute Gasteiger partial charge is 1.00 e. The average molecular weight is 1950 g/mol. The summed E-state index contributed by atoms with van der Waals surface area (Å²) in [5, 5.41) is 24.1. The summed E-state index contributed by atoms with van der Waals surface area (Å²) in [7, 11) is 2.62. The fourth-order valence-electron chi connectivity index (χ4n) is 16.5. The van der Waals surface area contributed by atoms with Gasteiger partial charge in [-0.05, 0) is 167 Å². The van der Waals surface area contributed by atoms with Crippen LogP contribution in [0, 0.1) is 47.3 Å². The minimum Gasteiger partial charge on any atom is -0.870 e. The van der Waals surface area contributed by atoms with Crippen LogP contribution in [0.5, 0.6) is 0 Å². The predicted molar refractivity (Wildman–Crippen MR) is 536 cm³/mol. The molecule has 29 nitrogen and oxygen atoms in total. The maximum Gasteiger partial charge on any atom is 1.00 e. The molecule has 4 fully saturated rings. The minimum atomic E-state index is -1.04.